The number of rotatable bonds is 0. The lowest BCUT2D eigenvalue weighted by Crippen LogP contribution is -3.00. The predicted octanol–water partition coefficient (Wildman–Crippen LogP) is -10.1. The molecule has 0 atom stereocenters. The van der Waals surface area contributed by atoms with Crippen LogP contribution >= 0.6 is 0 Å². The fourth-order valence-corrected chi connectivity index (χ4v) is 0.631. The summed E-state index contributed by atoms with van der Waals surface area (Å²) < 4.78 is 0. The van der Waals surface area contributed by atoms with E-state index in [1.54, 1.807) is 0 Å². The molecule has 2 saturated heterocycles. The van der Waals surface area contributed by atoms with Crippen LogP contribution in [0.15, 0.2) is 0 Å². The summed E-state index contributed by atoms with van der Waals surface area (Å²) in [7, 11) is 0. The molecule has 0 aromatic heterocycles. The quantitative estimate of drug-likeness (QED) is 0.326. The number of halogens is 2. The largest absolute Gasteiger partial charge is 1.00 e. The monoisotopic (exact) mass is 218 g/mol. The van der Waals surface area contributed by atoms with Crippen LogP contribution in [0.2, 0.25) is 0 Å². The van der Waals surface area contributed by atoms with Gasteiger partial charge in [0.15, 0.2) is 12.2 Å². The zero-order chi connectivity index (χ0) is 7.40. The molecule has 4 nitrogen and oxygen atoms in total. The number of aliphatic hydroxyl groups is 2. The van der Waals surface area contributed by atoms with Crippen molar-refractivity contribution in [3.63, 3.8) is 0 Å². The molecular weight excluding hydrogens is 203 g/mol. The van der Waals surface area contributed by atoms with Gasteiger partial charge in [-0.25, -0.2) is 0 Å². The molecule has 2 rings (SSSR count). The minimum atomic E-state index is 0. The maximum absolute atomic E-state index is 8.42. The molecule has 2 heterocycles. The minimum absolute atomic E-state index is 0. The van der Waals surface area contributed by atoms with Crippen molar-refractivity contribution in [2.75, 3.05) is 26.2 Å². The van der Waals surface area contributed by atoms with Gasteiger partial charge in [-0.05, 0) is 0 Å². The molecule has 0 aliphatic carbocycles. The lowest BCUT2D eigenvalue weighted by Gasteiger charge is -2.15. The SMILES string of the molecule is OC1C[NH2+]C1.OC1C[NH2+]C1.[Cl-].[Cl-]. The third-order valence-electron chi connectivity index (χ3n) is 1.75. The van der Waals surface area contributed by atoms with Crippen LogP contribution in [0.5, 0.6) is 0 Å². The van der Waals surface area contributed by atoms with Crippen molar-refractivity contribution in [3.05, 3.63) is 0 Å². The molecule has 0 bridgehead atoms. The third-order valence-corrected chi connectivity index (χ3v) is 1.75. The second-order valence-electron chi connectivity index (χ2n) is 2.83. The van der Waals surface area contributed by atoms with Crippen LogP contribution in [0.25, 0.3) is 0 Å². The standard InChI is InChI=1S/2C3H7NO.2ClH/c2*5-3-1-4-2-3;;/h2*3-5H,1-2H2;2*1H. The molecule has 6 heteroatoms. The van der Waals surface area contributed by atoms with Crippen molar-refractivity contribution in [2.24, 2.45) is 0 Å². The number of aliphatic hydroxyl groups excluding tert-OH is 2. The highest BCUT2D eigenvalue weighted by atomic mass is 35.5. The van der Waals surface area contributed by atoms with E-state index in [0.717, 1.165) is 26.2 Å². The van der Waals surface area contributed by atoms with Crippen LogP contribution in [0.1, 0.15) is 0 Å². The van der Waals surface area contributed by atoms with Gasteiger partial charge in [-0.1, -0.05) is 0 Å². The third kappa shape index (κ3) is 5.99. The summed E-state index contributed by atoms with van der Waals surface area (Å²) in [5, 5.41) is 21.0. The predicted molar refractivity (Wildman–Crippen MR) is 35.3 cm³/mol. The minimum Gasteiger partial charge on any atom is -1.00 e. The molecule has 2 fully saturated rings. The van der Waals surface area contributed by atoms with E-state index >= 15 is 0 Å². The van der Waals surface area contributed by atoms with Gasteiger partial charge in [0.2, 0.25) is 0 Å². The maximum Gasteiger partial charge on any atom is 0.151 e. The van der Waals surface area contributed by atoms with Gasteiger partial charge in [0.05, 0.1) is 0 Å². The normalized spacial score (nSPS) is 21.5. The van der Waals surface area contributed by atoms with Gasteiger partial charge in [0.25, 0.3) is 0 Å². The van der Waals surface area contributed by atoms with Gasteiger partial charge in [-0.3, -0.25) is 0 Å². The molecule has 0 aromatic carbocycles. The van der Waals surface area contributed by atoms with Crippen molar-refractivity contribution in [3.8, 4) is 0 Å². The first-order valence-corrected chi connectivity index (χ1v) is 3.78. The smallest absolute Gasteiger partial charge is 0.151 e. The Balaban J connectivity index is 0. The van der Waals surface area contributed by atoms with Crippen molar-refractivity contribution < 1.29 is 45.7 Å². The van der Waals surface area contributed by atoms with Crippen molar-refractivity contribution in [1.29, 1.82) is 0 Å². The highest BCUT2D eigenvalue weighted by Gasteiger charge is 2.16. The van der Waals surface area contributed by atoms with E-state index in [1.165, 1.54) is 0 Å². The first-order chi connectivity index (χ1) is 4.79. The lowest BCUT2D eigenvalue weighted by molar-refractivity contribution is -0.723. The van der Waals surface area contributed by atoms with E-state index in [9.17, 15) is 0 Å². The van der Waals surface area contributed by atoms with Crippen LogP contribution in [0.4, 0.5) is 0 Å². The number of hydrogen-bond donors (Lipinski definition) is 4. The zero-order valence-electron chi connectivity index (χ0n) is 6.79. The molecule has 6 N–H and O–H groups in total. The van der Waals surface area contributed by atoms with Gasteiger partial charge in [-0.2, -0.15) is 0 Å². The van der Waals surface area contributed by atoms with E-state index in [1.807, 2.05) is 0 Å². The van der Waals surface area contributed by atoms with Gasteiger partial charge in [0.1, 0.15) is 26.2 Å². The Morgan fingerprint density at radius 1 is 0.750 bits per heavy atom. The highest BCUT2D eigenvalue weighted by molar-refractivity contribution is 4.52. The highest BCUT2D eigenvalue weighted by Crippen LogP contribution is 1.74. The van der Waals surface area contributed by atoms with E-state index < -0.39 is 0 Å². The van der Waals surface area contributed by atoms with E-state index in [2.05, 4.69) is 10.6 Å². The van der Waals surface area contributed by atoms with Crippen LogP contribution < -0.4 is 35.4 Å². The summed E-state index contributed by atoms with van der Waals surface area (Å²) in [6.45, 7) is 3.67. The molecule has 2 aliphatic heterocycles. The lowest BCUT2D eigenvalue weighted by atomic mass is 10.2. The molecule has 0 aromatic rings. The van der Waals surface area contributed by atoms with Crippen LogP contribution in [-0.2, 0) is 0 Å². The Hall–Kier alpha value is 0.420. The van der Waals surface area contributed by atoms with Gasteiger partial charge < -0.3 is 45.7 Å². The van der Waals surface area contributed by atoms with Gasteiger partial charge in [0, 0.05) is 0 Å². The van der Waals surface area contributed by atoms with Crippen LogP contribution in [-0.4, -0.2) is 48.6 Å². The maximum atomic E-state index is 8.42. The molecule has 0 spiro atoms. The first-order valence-electron chi connectivity index (χ1n) is 3.78. The van der Waals surface area contributed by atoms with Crippen LogP contribution in [0.3, 0.4) is 0 Å². The molecule has 0 radical (unpaired) electrons. The summed E-state index contributed by atoms with van der Waals surface area (Å²) in [6, 6.07) is 0. The van der Waals surface area contributed by atoms with Gasteiger partial charge >= 0.3 is 0 Å². The molecular formula is C6H16Cl2N2O2. The molecule has 0 saturated carbocycles. The van der Waals surface area contributed by atoms with E-state index in [4.69, 9.17) is 10.2 Å². The molecule has 0 amide bonds. The Bertz CT molecular complexity index is 87.5. The molecule has 12 heavy (non-hydrogen) atoms. The van der Waals surface area contributed by atoms with Crippen molar-refractivity contribution in [2.45, 2.75) is 12.2 Å². The Morgan fingerprint density at radius 3 is 0.917 bits per heavy atom. The summed E-state index contributed by atoms with van der Waals surface area (Å²) in [5.74, 6) is 0. The van der Waals surface area contributed by atoms with Crippen LogP contribution in [0, 0.1) is 0 Å². The van der Waals surface area contributed by atoms with E-state index in [-0.39, 0.29) is 37.0 Å². The van der Waals surface area contributed by atoms with Gasteiger partial charge in [-0.15, -0.1) is 0 Å². The fraction of sp³-hybridized carbons (Fsp3) is 1.00. The number of nitrogens with two attached hydrogens (primary N) is 2. The van der Waals surface area contributed by atoms with E-state index in [0.29, 0.717) is 0 Å². The fourth-order valence-electron chi connectivity index (χ4n) is 0.631. The average molecular weight is 219 g/mol. The summed E-state index contributed by atoms with van der Waals surface area (Å²) in [5.41, 5.74) is 0. The van der Waals surface area contributed by atoms with Crippen molar-refractivity contribution >= 4 is 0 Å². The molecule has 76 valence electrons. The summed E-state index contributed by atoms with van der Waals surface area (Å²) in [4.78, 5) is 0. The number of quaternary nitrogens is 2. The average Bonchev–Trinajstić information content (AvgIpc) is 1.80. The molecule has 2 aliphatic rings. The molecule has 0 unspecified atom stereocenters. The second kappa shape index (κ2) is 8.04. The first kappa shape index (κ1) is 14.9. The Kier molecular flexibility index (Phi) is 9.99. The Labute approximate surface area is 84.6 Å². The summed E-state index contributed by atoms with van der Waals surface area (Å²) >= 11 is 0. The summed E-state index contributed by atoms with van der Waals surface area (Å²) in [6.07, 6.45) is 0.0185. The van der Waals surface area contributed by atoms with Crippen molar-refractivity contribution in [1.82, 2.24) is 0 Å². The zero-order valence-corrected chi connectivity index (χ0v) is 8.30. The number of hydrogen-bond acceptors (Lipinski definition) is 2. The second-order valence-corrected chi connectivity index (χ2v) is 2.83. The topological polar surface area (TPSA) is 73.7 Å². The Morgan fingerprint density at radius 2 is 0.917 bits per heavy atom.